The Hall–Kier alpha value is -3.08. The van der Waals surface area contributed by atoms with Gasteiger partial charge in [0.1, 0.15) is 11.4 Å². The second-order valence-corrected chi connectivity index (χ2v) is 9.43. The number of nitrogens with one attached hydrogen (secondary N) is 1. The van der Waals surface area contributed by atoms with E-state index in [4.69, 9.17) is 9.72 Å². The largest absolute Gasteiger partial charge is 0.371 e. The summed E-state index contributed by atoms with van der Waals surface area (Å²) in [5.74, 6) is 0.215. The van der Waals surface area contributed by atoms with E-state index in [2.05, 4.69) is 20.4 Å². The van der Waals surface area contributed by atoms with Gasteiger partial charge in [-0.15, -0.1) is 0 Å². The number of rotatable bonds is 5. The lowest BCUT2D eigenvalue weighted by molar-refractivity contribution is 0.0302. The maximum absolute atomic E-state index is 13.7. The summed E-state index contributed by atoms with van der Waals surface area (Å²) in [5.41, 5.74) is 0.231. The number of hydrogen-bond donors (Lipinski definition) is 1. The second-order valence-electron chi connectivity index (χ2n) is 9.43. The zero-order valence-corrected chi connectivity index (χ0v) is 18.7. The predicted molar refractivity (Wildman–Crippen MR) is 120 cm³/mol. The van der Waals surface area contributed by atoms with Crippen LogP contribution in [0.5, 0.6) is 0 Å². The molecular formula is C23H27F2N7O2. The summed E-state index contributed by atoms with van der Waals surface area (Å²) < 4.78 is 36.4. The molecule has 0 spiro atoms. The van der Waals surface area contributed by atoms with Gasteiger partial charge in [0, 0.05) is 25.5 Å². The van der Waals surface area contributed by atoms with E-state index < -0.39 is 18.0 Å². The van der Waals surface area contributed by atoms with Crippen molar-refractivity contribution in [2.75, 3.05) is 23.3 Å². The molecule has 2 aliphatic heterocycles. The first kappa shape index (κ1) is 21.5. The summed E-state index contributed by atoms with van der Waals surface area (Å²) in [6.07, 6.45) is 9.49. The van der Waals surface area contributed by atoms with Crippen molar-refractivity contribution in [3.8, 4) is 0 Å². The zero-order valence-electron chi connectivity index (χ0n) is 18.7. The molecule has 1 amide bonds. The molecule has 34 heavy (non-hydrogen) atoms. The average molecular weight is 472 g/mol. The Morgan fingerprint density at radius 1 is 1.12 bits per heavy atom. The number of morpholine rings is 1. The highest BCUT2D eigenvalue weighted by atomic mass is 19.3. The molecule has 3 aromatic heterocycles. The lowest BCUT2D eigenvalue weighted by atomic mass is 9.96. The normalized spacial score (nSPS) is 23.2. The van der Waals surface area contributed by atoms with Gasteiger partial charge in [-0.2, -0.15) is 10.2 Å². The second kappa shape index (κ2) is 8.61. The molecule has 180 valence electrons. The van der Waals surface area contributed by atoms with Gasteiger partial charge in [0.05, 0.1) is 30.1 Å². The van der Waals surface area contributed by atoms with Gasteiger partial charge in [0.2, 0.25) is 0 Å². The van der Waals surface area contributed by atoms with Crippen LogP contribution in [-0.4, -0.2) is 55.6 Å². The highest BCUT2D eigenvalue weighted by molar-refractivity contribution is 6.08. The number of hydrogen-bond acceptors (Lipinski definition) is 6. The molecule has 1 aliphatic carbocycles. The van der Waals surface area contributed by atoms with Crippen molar-refractivity contribution in [2.24, 2.45) is 0 Å². The monoisotopic (exact) mass is 471 g/mol. The lowest BCUT2D eigenvalue weighted by Gasteiger charge is -2.32. The Balaban J connectivity index is 1.26. The molecule has 0 aromatic carbocycles. The van der Waals surface area contributed by atoms with Gasteiger partial charge in [-0.3, -0.25) is 9.48 Å². The van der Waals surface area contributed by atoms with E-state index in [1.807, 2.05) is 6.07 Å². The average Bonchev–Trinajstić information content (AvgIpc) is 3.55. The summed E-state index contributed by atoms with van der Waals surface area (Å²) in [6, 6.07) is 1.96. The summed E-state index contributed by atoms with van der Waals surface area (Å²) in [6.45, 7) is 1.51. The molecule has 5 heterocycles. The Kier molecular flexibility index (Phi) is 5.43. The number of anilines is 2. The van der Waals surface area contributed by atoms with Gasteiger partial charge in [0.25, 0.3) is 12.3 Å². The molecule has 2 bridgehead atoms. The van der Waals surface area contributed by atoms with Crippen LogP contribution in [0.2, 0.25) is 0 Å². The van der Waals surface area contributed by atoms with Crippen LogP contribution in [0.15, 0.2) is 24.7 Å². The minimum atomic E-state index is -2.79. The SMILES string of the molecule is O=C(Nc1cn(C2CCCCC2)nc1C(F)F)c1cnn2ccc(N3CC4CCC(C3)O4)nc12. The fourth-order valence-electron chi connectivity index (χ4n) is 5.38. The quantitative estimate of drug-likeness (QED) is 0.605. The van der Waals surface area contributed by atoms with Crippen molar-refractivity contribution in [1.29, 1.82) is 0 Å². The van der Waals surface area contributed by atoms with E-state index in [0.29, 0.717) is 5.65 Å². The molecule has 1 saturated carbocycles. The molecule has 0 radical (unpaired) electrons. The molecule has 3 aliphatic rings. The fraction of sp³-hybridized carbons (Fsp3) is 0.565. The molecule has 3 aromatic rings. The summed E-state index contributed by atoms with van der Waals surface area (Å²) in [4.78, 5) is 20.0. The predicted octanol–water partition coefficient (Wildman–Crippen LogP) is 3.99. The van der Waals surface area contributed by atoms with E-state index in [0.717, 1.165) is 63.9 Å². The number of fused-ring (bicyclic) bond motifs is 3. The molecule has 6 rings (SSSR count). The Morgan fingerprint density at radius 2 is 1.88 bits per heavy atom. The number of halogens is 2. The molecule has 2 unspecified atom stereocenters. The van der Waals surface area contributed by atoms with Crippen molar-refractivity contribution in [1.82, 2.24) is 24.4 Å². The van der Waals surface area contributed by atoms with Crippen molar-refractivity contribution in [2.45, 2.75) is 69.6 Å². The standard InChI is InChI=1S/C23H27F2N7O2/c24-21(25)20-18(13-32(29-20)14-4-2-1-3-5-14)27-23(33)17-10-26-31-9-8-19(28-22(17)31)30-11-15-6-7-16(12-30)34-15/h8-10,13-16,21H,1-7,11-12H2,(H,27,33). The van der Waals surface area contributed by atoms with Crippen molar-refractivity contribution in [3.05, 3.63) is 35.9 Å². The van der Waals surface area contributed by atoms with Gasteiger partial charge in [0.15, 0.2) is 11.3 Å². The maximum atomic E-state index is 13.7. The van der Waals surface area contributed by atoms with Crippen molar-refractivity contribution < 1.29 is 18.3 Å². The molecule has 9 nitrogen and oxygen atoms in total. The first-order valence-electron chi connectivity index (χ1n) is 12.0. The molecule has 11 heteroatoms. The third-order valence-electron chi connectivity index (χ3n) is 7.13. The van der Waals surface area contributed by atoms with E-state index in [1.54, 1.807) is 10.9 Å². The topological polar surface area (TPSA) is 89.6 Å². The van der Waals surface area contributed by atoms with Crippen LogP contribution in [-0.2, 0) is 4.74 Å². The number of carbonyl (C=O) groups excluding carboxylic acids is 1. The first-order chi connectivity index (χ1) is 16.5. The minimum absolute atomic E-state index is 0.0332. The maximum Gasteiger partial charge on any atom is 0.284 e. The van der Waals surface area contributed by atoms with E-state index >= 15 is 0 Å². The van der Waals surface area contributed by atoms with Crippen molar-refractivity contribution in [3.63, 3.8) is 0 Å². The third-order valence-corrected chi connectivity index (χ3v) is 7.13. The molecule has 1 N–H and O–H groups in total. The molecular weight excluding hydrogens is 444 g/mol. The number of ether oxygens (including phenoxy) is 1. The Labute approximate surface area is 195 Å². The van der Waals surface area contributed by atoms with Crippen molar-refractivity contribution >= 4 is 23.1 Å². The number of amides is 1. The summed E-state index contributed by atoms with van der Waals surface area (Å²) >= 11 is 0. The van der Waals surface area contributed by atoms with Crippen LogP contribution in [0.4, 0.5) is 20.3 Å². The molecule has 3 fully saturated rings. The van der Waals surface area contributed by atoms with Crippen LogP contribution in [0.25, 0.3) is 5.65 Å². The third kappa shape index (κ3) is 3.91. The minimum Gasteiger partial charge on any atom is -0.371 e. The number of alkyl halides is 2. The lowest BCUT2D eigenvalue weighted by Crippen LogP contribution is -2.43. The Bertz CT molecular complexity index is 1190. The number of carbonyl (C=O) groups is 1. The van der Waals surface area contributed by atoms with Gasteiger partial charge in [-0.05, 0) is 31.7 Å². The van der Waals surface area contributed by atoms with E-state index in [1.165, 1.54) is 16.9 Å². The van der Waals surface area contributed by atoms with Crippen LogP contribution < -0.4 is 10.2 Å². The summed E-state index contributed by atoms with van der Waals surface area (Å²) in [5, 5.41) is 11.0. The fourth-order valence-corrected chi connectivity index (χ4v) is 5.38. The van der Waals surface area contributed by atoms with Crippen LogP contribution in [0.1, 0.15) is 73.5 Å². The van der Waals surface area contributed by atoms with Crippen LogP contribution in [0.3, 0.4) is 0 Å². The van der Waals surface area contributed by atoms with Crippen LogP contribution >= 0.6 is 0 Å². The zero-order chi connectivity index (χ0) is 23.2. The molecule has 2 atom stereocenters. The summed E-state index contributed by atoms with van der Waals surface area (Å²) in [7, 11) is 0. The van der Waals surface area contributed by atoms with E-state index in [9.17, 15) is 13.6 Å². The van der Waals surface area contributed by atoms with Gasteiger partial charge in [-0.25, -0.2) is 18.3 Å². The molecule has 2 saturated heterocycles. The van der Waals surface area contributed by atoms with Gasteiger partial charge in [-0.1, -0.05) is 19.3 Å². The van der Waals surface area contributed by atoms with Crippen LogP contribution in [0, 0.1) is 0 Å². The Morgan fingerprint density at radius 3 is 2.62 bits per heavy atom. The first-order valence-corrected chi connectivity index (χ1v) is 12.0. The van der Waals surface area contributed by atoms with Gasteiger partial charge < -0.3 is 15.0 Å². The highest BCUT2D eigenvalue weighted by Crippen LogP contribution is 2.33. The van der Waals surface area contributed by atoms with E-state index in [-0.39, 0.29) is 29.5 Å². The number of aromatic nitrogens is 5. The number of nitrogens with zero attached hydrogens (tertiary/aromatic N) is 6. The highest BCUT2D eigenvalue weighted by Gasteiger charge is 2.34. The smallest absolute Gasteiger partial charge is 0.284 e. The van der Waals surface area contributed by atoms with Gasteiger partial charge >= 0.3 is 0 Å².